The maximum Gasteiger partial charge on any atom is 0.219 e. The molecule has 0 aromatic heterocycles. The third kappa shape index (κ3) is 69.9. The van der Waals surface area contributed by atoms with E-state index in [0.29, 0.717) is 37.9 Å². The van der Waals surface area contributed by atoms with Gasteiger partial charge >= 0.3 is 0 Å². The Bertz CT molecular complexity index is 392. The molecule has 10 heteroatoms. The predicted molar refractivity (Wildman–Crippen MR) is 142 cm³/mol. The molecule has 0 spiro atoms. The van der Waals surface area contributed by atoms with Crippen molar-refractivity contribution in [2.24, 2.45) is 11.7 Å². The lowest BCUT2D eigenvalue weighted by atomic mass is 10.1. The second-order valence-corrected chi connectivity index (χ2v) is 6.95. The summed E-state index contributed by atoms with van der Waals surface area (Å²) in [6.07, 6.45) is 2.99. The third-order valence-electron chi connectivity index (χ3n) is 3.58. The van der Waals surface area contributed by atoms with E-state index in [0.717, 1.165) is 25.7 Å². The number of amides is 2. The maximum absolute atomic E-state index is 10.8. The number of rotatable bonds is 11. The van der Waals surface area contributed by atoms with Crippen LogP contribution in [0.1, 0.15) is 81.1 Å². The number of aliphatic hydroxyl groups is 2. The van der Waals surface area contributed by atoms with E-state index in [1.54, 1.807) is 7.05 Å². The number of carbonyl (C=O) groups is 4. The Morgan fingerprint density at radius 1 is 1.06 bits per heavy atom. The zero-order chi connectivity index (χ0) is 28.4. The average molecular weight is 497 g/mol. The van der Waals surface area contributed by atoms with Gasteiger partial charge in [0.25, 0.3) is 0 Å². The van der Waals surface area contributed by atoms with Crippen molar-refractivity contribution in [2.45, 2.75) is 93.2 Å². The number of hydrogen-bond acceptors (Lipinski definition) is 8. The fraction of sp³-hybridized carbons (Fsp3) is 0.833. The van der Waals surface area contributed by atoms with Crippen LogP contribution >= 0.6 is 0 Å². The highest BCUT2D eigenvalue weighted by Gasteiger charge is 2.01. The van der Waals surface area contributed by atoms with E-state index < -0.39 is 6.10 Å². The second-order valence-electron chi connectivity index (χ2n) is 6.95. The van der Waals surface area contributed by atoms with Crippen LogP contribution in [0.5, 0.6) is 0 Å². The van der Waals surface area contributed by atoms with Crippen LogP contribution in [0.25, 0.3) is 0 Å². The molecule has 7 N–H and O–H groups in total. The van der Waals surface area contributed by atoms with Gasteiger partial charge in [0, 0.05) is 32.5 Å². The van der Waals surface area contributed by atoms with E-state index in [1.165, 1.54) is 6.92 Å². The first-order valence-electron chi connectivity index (χ1n) is 12.0. The average Bonchev–Trinajstić information content (AvgIpc) is 2.82. The standard InChI is InChI=1S/C9H19NO3.C5H13N.C4H9NO.C3H7NO.C2H6.CH2O/c1-2-9(13)10-6-4-3-5-8(12)7-11;1-4(2)5(3)6;1-3-5-4(2)6;1-4-2-3-5;2*1-2/h8,11-12H,2-7H2,1H3,(H,10,13);4-5H,6H2,1-3H3;3H2,1-2H3,(H,5,6);3-4H,2H2,1H3;1-2H3;1H2. The zero-order valence-corrected chi connectivity index (χ0v) is 23.3. The lowest BCUT2D eigenvalue weighted by molar-refractivity contribution is -0.121. The second kappa shape index (κ2) is 44.7. The monoisotopic (exact) mass is 496 g/mol. The molecule has 0 fully saturated rings. The van der Waals surface area contributed by atoms with E-state index in [1.807, 2.05) is 41.4 Å². The molecule has 0 saturated heterocycles. The van der Waals surface area contributed by atoms with Crippen molar-refractivity contribution in [3.8, 4) is 0 Å². The number of aldehydes is 1. The molecule has 0 aromatic rings. The molecule has 0 saturated carbocycles. The molecule has 0 radical (unpaired) electrons. The van der Waals surface area contributed by atoms with Crippen LogP contribution in [0.4, 0.5) is 0 Å². The number of carbonyl (C=O) groups excluding carboxylic acids is 4. The minimum absolute atomic E-state index is 0.0394. The molecule has 208 valence electrons. The molecule has 0 aliphatic rings. The first-order chi connectivity index (χ1) is 16.0. The van der Waals surface area contributed by atoms with E-state index in [9.17, 15) is 14.4 Å². The Hall–Kier alpha value is -1.88. The summed E-state index contributed by atoms with van der Waals surface area (Å²) in [4.78, 5) is 38.0. The zero-order valence-electron chi connectivity index (χ0n) is 23.3. The molecule has 10 nitrogen and oxygen atoms in total. The lowest BCUT2D eigenvalue weighted by Crippen LogP contribution is -2.23. The topological polar surface area (TPSA) is 171 Å². The van der Waals surface area contributed by atoms with Gasteiger partial charge in [-0.3, -0.25) is 9.59 Å². The Balaban J connectivity index is -0.0000000790. The molecule has 0 heterocycles. The van der Waals surface area contributed by atoms with Gasteiger partial charge in [-0.15, -0.1) is 0 Å². The number of hydrogen-bond donors (Lipinski definition) is 6. The van der Waals surface area contributed by atoms with Gasteiger partial charge in [0.2, 0.25) is 11.8 Å². The third-order valence-corrected chi connectivity index (χ3v) is 3.58. The van der Waals surface area contributed by atoms with Crippen molar-refractivity contribution in [1.29, 1.82) is 0 Å². The Labute approximate surface area is 208 Å². The van der Waals surface area contributed by atoms with E-state index in [2.05, 4.69) is 29.8 Å². The number of aliphatic hydroxyl groups excluding tert-OH is 2. The van der Waals surface area contributed by atoms with Crippen LogP contribution in [0.2, 0.25) is 0 Å². The maximum atomic E-state index is 10.8. The van der Waals surface area contributed by atoms with Gasteiger partial charge in [-0.25, -0.2) is 0 Å². The van der Waals surface area contributed by atoms with Crippen LogP contribution in [0.15, 0.2) is 0 Å². The Morgan fingerprint density at radius 2 is 1.53 bits per heavy atom. The van der Waals surface area contributed by atoms with Crippen molar-refractivity contribution in [2.75, 3.05) is 33.3 Å². The fourth-order valence-electron chi connectivity index (χ4n) is 1.28. The summed E-state index contributed by atoms with van der Waals surface area (Å²) in [5, 5.41) is 25.4. The molecular formula is C24H56N4O6. The molecule has 34 heavy (non-hydrogen) atoms. The van der Waals surface area contributed by atoms with Gasteiger partial charge in [0.15, 0.2) is 0 Å². The summed E-state index contributed by atoms with van der Waals surface area (Å²) in [7, 11) is 1.73. The lowest BCUT2D eigenvalue weighted by Gasteiger charge is -2.06. The minimum atomic E-state index is -0.609. The van der Waals surface area contributed by atoms with Gasteiger partial charge in [0.05, 0.1) is 19.3 Å². The van der Waals surface area contributed by atoms with Crippen LogP contribution in [0, 0.1) is 5.92 Å². The highest BCUT2D eigenvalue weighted by atomic mass is 16.3. The van der Waals surface area contributed by atoms with Gasteiger partial charge in [-0.05, 0) is 46.1 Å². The number of unbranched alkanes of at least 4 members (excludes halogenated alkanes) is 1. The molecule has 0 aromatic carbocycles. The Kier molecular flexibility index (Phi) is 60.0. The van der Waals surface area contributed by atoms with Gasteiger partial charge in [0.1, 0.15) is 13.1 Å². The van der Waals surface area contributed by atoms with Crippen LogP contribution in [-0.4, -0.2) is 80.5 Å². The number of likely N-dealkylation sites (N-methyl/N-ethyl adjacent to an activating group) is 1. The summed E-state index contributed by atoms with van der Waals surface area (Å²) < 4.78 is 0. The van der Waals surface area contributed by atoms with E-state index in [4.69, 9.17) is 20.7 Å². The van der Waals surface area contributed by atoms with Crippen molar-refractivity contribution in [3.63, 3.8) is 0 Å². The highest BCUT2D eigenvalue weighted by Crippen LogP contribution is 1.99. The van der Waals surface area contributed by atoms with Crippen LogP contribution in [0.3, 0.4) is 0 Å². The van der Waals surface area contributed by atoms with E-state index in [-0.39, 0.29) is 18.4 Å². The predicted octanol–water partition coefficient (Wildman–Crippen LogP) is 1.41. The number of nitrogens with two attached hydrogens (primary N) is 1. The van der Waals surface area contributed by atoms with Crippen molar-refractivity contribution in [1.82, 2.24) is 16.0 Å². The molecule has 2 atom stereocenters. The molecule has 0 bridgehead atoms. The Morgan fingerprint density at radius 3 is 1.74 bits per heavy atom. The van der Waals surface area contributed by atoms with Crippen molar-refractivity contribution in [3.05, 3.63) is 0 Å². The van der Waals surface area contributed by atoms with Gasteiger partial charge in [-0.2, -0.15) is 0 Å². The highest BCUT2D eigenvalue weighted by molar-refractivity contribution is 5.75. The summed E-state index contributed by atoms with van der Waals surface area (Å²) >= 11 is 0. The minimum Gasteiger partial charge on any atom is -0.394 e. The molecule has 0 rings (SSSR count). The SMILES string of the molecule is C=O.CC.CC(C)C(C)N.CCC(=O)NCCCCC(O)CO.CCNC(C)=O.CNCC=O. The van der Waals surface area contributed by atoms with Crippen molar-refractivity contribution >= 4 is 24.9 Å². The summed E-state index contributed by atoms with van der Waals surface area (Å²) in [6, 6.07) is 0.352. The first kappa shape index (κ1) is 45.6. The summed E-state index contributed by atoms with van der Waals surface area (Å²) in [5.41, 5.74) is 5.44. The molecular weight excluding hydrogens is 440 g/mol. The molecule has 2 amide bonds. The molecule has 0 aliphatic heterocycles. The van der Waals surface area contributed by atoms with Gasteiger partial charge < -0.3 is 41.5 Å². The van der Waals surface area contributed by atoms with Crippen LogP contribution in [-0.2, 0) is 19.2 Å². The fourth-order valence-corrected chi connectivity index (χ4v) is 1.28. The van der Waals surface area contributed by atoms with Crippen molar-refractivity contribution < 1.29 is 29.4 Å². The normalized spacial score (nSPS) is 10.3. The quantitative estimate of drug-likeness (QED) is 0.184. The van der Waals surface area contributed by atoms with E-state index >= 15 is 0 Å². The smallest absolute Gasteiger partial charge is 0.219 e. The summed E-state index contributed by atoms with van der Waals surface area (Å²) in [5.74, 6) is 0.727. The largest absolute Gasteiger partial charge is 0.394 e. The van der Waals surface area contributed by atoms with Gasteiger partial charge in [-0.1, -0.05) is 34.6 Å². The summed E-state index contributed by atoms with van der Waals surface area (Å²) in [6.45, 7) is 19.1. The number of nitrogens with one attached hydrogen (secondary N) is 3. The molecule has 2 unspecified atom stereocenters. The first-order valence-corrected chi connectivity index (χ1v) is 12.0. The van der Waals surface area contributed by atoms with Crippen LogP contribution < -0.4 is 21.7 Å². The molecule has 0 aliphatic carbocycles.